The fourth-order valence-corrected chi connectivity index (χ4v) is 8.08. The normalized spacial score (nSPS) is 11.5. The van der Waals surface area contributed by atoms with Crippen molar-refractivity contribution < 1.29 is 0 Å². The van der Waals surface area contributed by atoms with Crippen LogP contribution in [0.15, 0.2) is 182 Å². The number of aromatic nitrogens is 4. The van der Waals surface area contributed by atoms with Gasteiger partial charge in [-0.25, -0.2) is 15.0 Å². The molecule has 0 amide bonds. The second-order valence-corrected chi connectivity index (χ2v) is 14.1. The number of thiophene rings is 1. The van der Waals surface area contributed by atoms with Crippen LogP contribution in [0, 0.1) is 0 Å². The standard InChI is InChI=1S/C47H30N4S/c1-3-11-31(12-4-1)36-25-37(35-22-23-45-40(28-35)39-15-7-8-16-44(39)52-45)27-38(26-36)42-29-41(49-47(50-42)34-13-5-2-6-14-34)32-18-20-33(21-19-32)43-30-51-24-10-9-17-46(51)48-43/h1-30H. The molecule has 0 aliphatic rings. The summed E-state index contributed by atoms with van der Waals surface area (Å²) in [5, 5.41) is 2.58. The molecule has 0 saturated carbocycles. The maximum atomic E-state index is 5.22. The molecule has 0 aliphatic carbocycles. The van der Waals surface area contributed by atoms with Crippen LogP contribution in [-0.2, 0) is 0 Å². The van der Waals surface area contributed by atoms with E-state index in [1.165, 1.54) is 25.7 Å². The molecule has 6 aromatic carbocycles. The van der Waals surface area contributed by atoms with E-state index in [0.717, 1.165) is 61.7 Å². The van der Waals surface area contributed by atoms with Crippen molar-refractivity contribution in [3.63, 3.8) is 0 Å². The Labute approximate surface area is 305 Å². The molecule has 244 valence electrons. The van der Waals surface area contributed by atoms with Gasteiger partial charge in [-0.15, -0.1) is 11.3 Å². The first-order valence-electron chi connectivity index (χ1n) is 17.3. The minimum absolute atomic E-state index is 0.690. The molecule has 10 rings (SSSR count). The number of fused-ring (bicyclic) bond motifs is 4. The lowest BCUT2D eigenvalue weighted by Crippen LogP contribution is -1.96. The highest BCUT2D eigenvalue weighted by atomic mass is 32.1. The molecular formula is C47H30N4S. The highest BCUT2D eigenvalue weighted by Crippen LogP contribution is 2.39. The number of hydrogen-bond donors (Lipinski definition) is 0. The van der Waals surface area contributed by atoms with Crippen LogP contribution in [0.5, 0.6) is 0 Å². The largest absolute Gasteiger partial charge is 0.306 e. The number of hydrogen-bond acceptors (Lipinski definition) is 4. The van der Waals surface area contributed by atoms with Gasteiger partial charge in [0.25, 0.3) is 0 Å². The molecule has 0 spiro atoms. The topological polar surface area (TPSA) is 43.1 Å². The van der Waals surface area contributed by atoms with E-state index >= 15 is 0 Å². The van der Waals surface area contributed by atoms with Gasteiger partial charge in [0.15, 0.2) is 5.82 Å². The van der Waals surface area contributed by atoms with E-state index in [0.29, 0.717) is 5.82 Å². The van der Waals surface area contributed by atoms with Crippen LogP contribution >= 0.6 is 11.3 Å². The highest BCUT2D eigenvalue weighted by Gasteiger charge is 2.15. The summed E-state index contributed by atoms with van der Waals surface area (Å²) in [6.45, 7) is 0. The van der Waals surface area contributed by atoms with E-state index in [-0.39, 0.29) is 0 Å². The molecule has 0 radical (unpaired) electrons. The summed E-state index contributed by atoms with van der Waals surface area (Å²) >= 11 is 1.84. The molecule has 10 aromatic rings. The zero-order chi connectivity index (χ0) is 34.4. The summed E-state index contributed by atoms with van der Waals surface area (Å²) in [5.74, 6) is 0.690. The van der Waals surface area contributed by atoms with Gasteiger partial charge in [0.2, 0.25) is 0 Å². The van der Waals surface area contributed by atoms with Crippen molar-refractivity contribution >= 4 is 37.2 Å². The van der Waals surface area contributed by atoms with E-state index in [9.17, 15) is 0 Å². The van der Waals surface area contributed by atoms with Crippen LogP contribution < -0.4 is 0 Å². The molecule has 4 nitrogen and oxygen atoms in total. The lowest BCUT2D eigenvalue weighted by molar-refractivity contribution is 1.18. The van der Waals surface area contributed by atoms with E-state index < -0.39 is 0 Å². The third-order valence-corrected chi connectivity index (χ3v) is 10.8. The Kier molecular flexibility index (Phi) is 7.29. The van der Waals surface area contributed by atoms with Crippen molar-refractivity contribution in [1.29, 1.82) is 0 Å². The number of rotatable bonds is 6. The monoisotopic (exact) mass is 682 g/mol. The average Bonchev–Trinajstić information content (AvgIpc) is 3.83. The molecule has 4 aromatic heterocycles. The lowest BCUT2D eigenvalue weighted by atomic mass is 9.94. The molecule has 0 fully saturated rings. The van der Waals surface area contributed by atoms with Crippen LogP contribution in [0.2, 0.25) is 0 Å². The van der Waals surface area contributed by atoms with Crippen LogP contribution in [-0.4, -0.2) is 19.4 Å². The van der Waals surface area contributed by atoms with Crippen LogP contribution in [0.4, 0.5) is 0 Å². The average molecular weight is 683 g/mol. The van der Waals surface area contributed by atoms with E-state index in [1.54, 1.807) is 0 Å². The molecular weight excluding hydrogens is 653 g/mol. The first kappa shape index (κ1) is 30.2. The van der Waals surface area contributed by atoms with Gasteiger partial charge >= 0.3 is 0 Å². The first-order valence-corrected chi connectivity index (χ1v) is 18.2. The Bertz CT molecular complexity index is 2860. The first-order chi connectivity index (χ1) is 25.7. The molecule has 0 aliphatic heterocycles. The van der Waals surface area contributed by atoms with Crippen LogP contribution in [0.1, 0.15) is 0 Å². The number of nitrogens with zero attached hydrogens (tertiary/aromatic N) is 4. The zero-order valence-electron chi connectivity index (χ0n) is 28.0. The maximum Gasteiger partial charge on any atom is 0.160 e. The quantitative estimate of drug-likeness (QED) is 0.175. The fourth-order valence-electron chi connectivity index (χ4n) is 6.99. The van der Waals surface area contributed by atoms with Crippen molar-refractivity contribution in [2.45, 2.75) is 0 Å². The van der Waals surface area contributed by atoms with Gasteiger partial charge in [-0.1, -0.05) is 115 Å². The Morgan fingerprint density at radius 1 is 0.365 bits per heavy atom. The van der Waals surface area contributed by atoms with Crippen molar-refractivity contribution in [3.05, 3.63) is 182 Å². The summed E-state index contributed by atoms with van der Waals surface area (Å²) in [5.41, 5.74) is 12.3. The van der Waals surface area contributed by atoms with Gasteiger partial charge in [-0.3, -0.25) is 0 Å². The Morgan fingerprint density at radius 2 is 0.962 bits per heavy atom. The molecule has 0 N–H and O–H groups in total. The predicted octanol–water partition coefficient (Wildman–Crippen LogP) is 12.5. The molecule has 0 unspecified atom stereocenters. The second kappa shape index (κ2) is 12.6. The zero-order valence-corrected chi connectivity index (χ0v) is 28.8. The summed E-state index contributed by atoms with van der Waals surface area (Å²) < 4.78 is 4.65. The minimum atomic E-state index is 0.690. The van der Waals surface area contributed by atoms with Gasteiger partial charge in [-0.05, 0) is 76.9 Å². The third-order valence-electron chi connectivity index (χ3n) is 9.64. The summed E-state index contributed by atoms with van der Waals surface area (Å²) in [6, 6.07) is 59.8. The predicted molar refractivity (Wildman–Crippen MR) is 216 cm³/mol. The molecule has 0 bridgehead atoms. The Morgan fingerprint density at radius 3 is 1.73 bits per heavy atom. The van der Waals surface area contributed by atoms with Crippen LogP contribution in [0.25, 0.3) is 93.2 Å². The van der Waals surface area contributed by atoms with E-state index in [4.69, 9.17) is 15.0 Å². The smallest absolute Gasteiger partial charge is 0.160 e. The van der Waals surface area contributed by atoms with Gasteiger partial charge in [0.1, 0.15) is 5.65 Å². The molecule has 0 atom stereocenters. The maximum absolute atomic E-state index is 5.22. The highest BCUT2D eigenvalue weighted by molar-refractivity contribution is 7.25. The van der Waals surface area contributed by atoms with Crippen LogP contribution in [0.3, 0.4) is 0 Å². The second-order valence-electron chi connectivity index (χ2n) is 13.0. The number of benzene rings is 6. The summed E-state index contributed by atoms with van der Waals surface area (Å²) in [7, 11) is 0. The third kappa shape index (κ3) is 5.54. The van der Waals surface area contributed by atoms with E-state index in [1.807, 2.05) is 58.3 Å². The van der Waals surface area contributed by atoms with Crippen molar-refractivity contribution in [1.82, 2.24) is 19.4 Å². The Hall–Kier alpha value is -6.69. The van der Waals surface area contributed by atoms with Crippen molar-refractivity contribution in [3.8, 4) is 67.4 Å². The summed E-state index contributed by atoms with van der Waals surface area (Å²) in [6.07, 6.45) is 4.09. The van der Waals surface area contributed by atoms with Crippen molar-refractivity contribution in [2.75, 3.05) is 0 Å². The fraction of sp³-hybridized carbons (Fsp3) is 0. The summed E-state index contributed by atoms with van der Waals surface area (Å²) in [4.78, 5) is 15.2. The van der Waals surface area contributed by atoms with Gasteiger partial charge in [0.05, 0.1) is 17.1 Å². The number of imidazole rings is 1. The van der Waals surface area contributed by atoms with E-state index in [2.05, 4.69) is 140 Å². The molecule has 4 heterocycles. The Balaban J connectivity index is 1.13. The molecule has 5 heteroatoms. The van der Waals surface area contributed by atoms with Gasteiger partial charge in [-0.2, -0.15) is 0 Å². The molecule has 0 saturated heterocycles. The number of pyridine rings is 1. The van der Waals surface area contributed by atoms with Gasteiger partial charge in [0, 0.05) is 54.8 Å². The van der Waals surface area contributed by atoms with Gasteiger partial charge < -0.3 is 4.40 Å². The molecule has 52 heavy (non-hydrogen) atoms. The lowest BCUT2D eigenvalue weighted by Gasteiger charge is -2.13. The minimum Gasteiger partial charge on any atom is -0.306 e. The van der Waals surface area contributed by atoms with Crippen molar-refractivity contribution in [2.24, 2.45) is 0 Å². The SMILES string of the molecule is c1ccc(-c2cc(-c3ccc4sc5ccccc5c4c3)cc(-c3cc(-c4ccc(-c5cn6ccccc6n5)cc4)nc(-c4ccccc4)n3)c2)cc1.